The molecular formula is C32H40ClN7O2S. The molecule has 4 heterocycles. The summed E-state index contributed by atoms with van der Waals surface area (Å²) in [4.78, 5) is 21.9. The number of hydrogen-bond donors (Lipinski definition) is 3. The topological polar surface area (TPSA) is 106 Å². The van der Waals surface area contributed by atoms with Gasteiger partial charge in [-0.25, -0.2) is 14.6 Å². The van der Waals surface area contributed by atoms with E-state index in [0.717, 1.165) is 55.5 Å². The van der Waals surface area contributed by atoms with Crippen LogP contribution in [0, 0.1) is 22.7 Å². The number of amides is 1. The van der Waals surface area contributed by atoms with Gasteiger partial charge in [0.15, 0.2) is 5.82 Å². The molecule has 228 valence electrons. The van der Waals surface area contributed by atoms with Crippen molar-refractivity contribution >= 4 is 35.3 Å². The Morgan fingerprint density at radius 1 is 1.12 bits per heavy atom. The quantitative estimate of drug-likeness (QED) is 0.116. The molecule has 3 aliphatic carbocycles. The Balaban J connectivity index is 0.863. The molecule has 4 fully saturated rings. The number of nitrogens with zero attached hydrogens (tertiary/aromatic N) is 4. The summed E-state index contributed by atoms with van der Waals surface area (Å²) < 4.78 is 10.4. The molecule has 1 amide bonds. The summed E-state index contributed by atoms with van der Waals surface area (Å²) >= 11 is 7.58. The third kappa shape index (κ3) is 5.98. The minimum Gasteiger partial charge on any atom is -0.477 e. The Morgan fingerprint density at radius 2 is 1.93 bits per heavy atom. The molecule has 0 bridgehead atoms. The van der Waals surface area contributed by atoms with Crippen molar-refractivity contribution < 1.29 is 9.53 Å². The summed E-state index contributed by atoms with van der Waals surface area (Å²) in [5.41, 5.74) is 1.94. The molecule has 1 saturated heterocycles. The monoisotopic (exact) mass is 621 g/mol. The molecular weight excluding hydrogens is 582 g/mol. The number of fused-ring (bicyclic) bond motifs is 1. The van der Waals surface area contributed by atoms with Crippen molar-refractivity contribution in [3.8, 4) is 11.7 Å². The number of carbonyl (C=O) groups excluding carboxylic acids is 1. The summed E-state index contributed by atoms with van der Waals surface area (Å²) in [6.07, 6.45) is 12.1. The fourth-order valence-corrected chi connectivity index (χ4v) is 8.52. The van der Waals surface area contributed by atoms with Gasteiger partial charge in [-0.1, -0.05) is 17.7 Å². The van der Waals surface area contributed by atoms with Gasteiger partial charge in [0, 0.05) is 36.3 Å². The van der Waals surface area contributed by atoms with Gasteiger partial charge in [-0.05, 0) is 119 Å². The van der Waals surface area contributed by atoms with Crippen LogP contribution in [-0.4, -0.2) is 50.9 Å². The number of ether oxygens (including phenoxy) is 1. The zero-order chi connectivity index (χ0) is 29.7. The number of carbonyl (C=O) groups is 1. The van der Waals surface area contributed by atoms with Crippen LogP contribution in [-0.2, 0) is 0 Å². The van der Waals surface area contributed by atoms with E-state index in [9.17, 15) is 4.79 Å². The molecule has 11 heteroatoms. The predicted octanol–water partition coefficient (Wildman–Crippen LogP) is 6.29. The molecule has 0 radical (unpaired) electrons. The molecule has 1 atom stereocenters. The molecule has 3 saturated carbocycles. The Labute approximate surface area is 262 Å². The van der Waals surface area contributed by atoms with Crippen molar-refractivity contribution in [3.63, 3.8) is 0 Å². The molecule has 4 aliphatic rings. The largest absolute Gasteiger partial charge is 0.477 e. The van der Waals surface area contributed by atoms with Gasteiger partial charge in [-0.2, -0.15) is 0 Å². The van der Waals surface area contributed by atoms with E-state index in [4.69, 9.17) is 16.3 Å². The maximum Gasteiger partial charge on any atom is 0.264 e. The van der Waals surface area contributed by atoms with Crippen LogP contribution in [0.2, 0.25) is 5.15 Å². The van der Waals surface area contributed by atoms with Crippen LogP contribution in [0.1, 0.15) is 75.6 Å². The molecule has 2 spiro atoms. The van der Waals surface area contributed by atoms with Crippen LogP contribution in [0.25, 0.3) is 5.82 Å². The van der Waals surface area contributed by atoms with Crippen molar-refractivity contribution in [2.24, 2.45) is 22.7 Å². The van der Waals surface area contributed by atoms with Crippen LogP contribution in [0.5, 0.6) is 5.88 Å². The smallest absolute Gasteiger partial charge is 0.264 e. The van der Waals surface area contributed by atoms with E-state index >= 15 is 0 Å². The van der Waals surface area contributed by atoms with E-state index in [2.05, 4.69) is 44.3 Å². The number of nitrogens with one attached hydrogen (secondary N) is 3. The van der Waals surface area contributed by atoms with Crippen LogP contribution < -0.4 is 20.1 Å². The lowest BCUT2D eigenvalue weighted by Crippen LogP contribution is -2.31. The fraction of sp³-hybridized carbons (Fsp3) is 0.562. The Morgan fingerprint density at radius 3 is 2.65 bits per heavy atom. The van der Waals surface area contributed by atoms with Gasteiger partial charge in [-0.15, -0.1) is 5.10 Å². The average molecular weight is 622 g/mol. The Kier molecular flexibility index (Phi) is 7.58. The first kappa shape index (κ1) is 28.9. The summed E-state index contributed by atoms with van der Waals surface area (Å²) in [7, 11) is 0. The van der Waals surface area contributed by atoms with Crippen LogP contribution in [0.15, 0.2) is 47.6 Å². The second-order valence-electron chi connectivity index (χ2n) is 13.4. The molecule has 3 aromatic rings. The number of rotatable bonds is 13. The summed E-state index contributed by atoms with van der Waals surface area (Å²) in [6.45, 7) is 7.19. The maximum absolute atomic E-state index is 12.9. The van der Waals surface area contributed by atoms with E-state index < -0.39 is 0 Å². The summed E-state index contributed by atoms with van der Waals surface area (Å²) in [5.74, 6) is 3.14. The highest BCUT2D eigenvalue weighted by molar-refractivity contribution is 7.97. The number of halogens is 1. The second-order valence-corrected chi connectivity index (χ2v) is 14.6. The second kappa shape index (κ2) is 11.3. The Hall–Kier alpha value is -2.82. The first-order valence-corrected chi connectivity index (χ1v) is 16.8. The lowest BCUT2D eigenvalue weighted by atomic mass is 9.94. The lowest BCUT2D eigenvalue weighted by Gasteiger charge is -2.17. The van der Waals surface area contributed by atoms with Crippen LogP contribution in [0.3, 0.4) is 0 Å². The van der Waals surface area contributed by atoms with Gasteiger partial charge in [-0.3, -0.25) is 9.52 Å². The maximum atomic E-state index is 12.9. The average Bonchev–Trinajstić information content (AvgIpc) is 3.94. The van der Waals surface area contributed by atoms with Crippen molar-refractivity contribution in [2.75, 3.05) is 25.0 Å². The normalized spacial score (nSPS) is 22.1. The molecule has 9 nitrogen and oxygen atoms in total. The molecule has 0 aromatic carbocycles. The van der Waals surface area contributed by atoms with Gasteiger partial charge in [0.2, 0.25) is 5.88 Å². The third-order valence-corrected chi connectivity index (χ3v) is 11.1. The van der Waals surface area contributed by atoms with E-state index in [1.165, 1.54) is 38.5 Å². The molecule has 3 aromatic heterocycles. The lowest BCUT2D eigenvalue weighted by molar-refractivity contribution is 0.0984. The molecule has 0 unspecified atom stereocenters. The SMILES string of the molecule is CC1(C)C[C@H](CCCNc2cccc(SNC(=O)c3ccc(-n4ccc(OCCC5C6(CC6)C56CC6)n4)nc3Cl)n2)CN1. The van der Waals surface area contributed by atoms with E-state index in [-0.39, 0.29) is 22.2 Å². The number of pyridine rings is 2. The van der Waals surface area contributed by atoms with Crippen molar-refractivity contribution in [2.45, 2.75) is 75.8 Å². The highest BCUT2D eigenvalue weighted by Gasteiger charge is 2.85. The minimum atomic E-state index is -0.339. The fourth-order valence-electron chi connectivity index (χ4n) is 7.69. The van der Waals surface area contributed by atoms with Gasteiger partial charge in [0.1, 0.15) is 16.0 Å². The van der Waals surface area contributed by atoms with E-state index in [1.54, 1.807) is 23.0 Å². The third-order valence-electron chi connectivity index (χ3n) is 10.1. The van der Waals surface area contributed by atoms with Crippen molar-refractivity contribution in [1.29, 1.82) is 0 Å². The number of hydrogen-bond acceptors (Lipinski definition) is 8. The van der Waals surface area contributed by atoms with Gasteiger partial charge in [0.05, 0.1) is 12.2 Å². The highest BCUT2D eigenvalue weighted by Crippen LogP contribution is 2.93. The predicted molar refractivity (Wildman–Crippen MR) is 169 cm³/mol. The van der Waals surface area contributed by atoms with Crippen LogP contribution in [0.4, 0.5) is 5.82 Å². The molecule has 7 rings (SSSR count). The van der Waals surface area contributed by atoms with Crippen LogP contribution >= 0.6 is 23.5 Å². The first-order chi connectivity index (χ1) is 20.8. The van der Waals surface area contributed by atoms with Crippen molar-refractivity contribution in [1.82, 2.24) is 29.8 Å². The number of aromatic nitrogens is 4. The minimum absolute atomic E-state index is 0.107. The van der Waals surface area contributed by atoms with Gasteiger partial charge < -0.3 is 15.4 Å². The summed E-state index contributed by atoms with van der Waals surface area (Å²) in [5, 5.41) is 12.3. The standard InChI is InChI=1S/C32H40ClN7O2S/c1-30(2)19-21(20-35-30)5-4-16-34-24-6-3-7-27(36-24)43-39-29(41)22-8-9-25(37-28(22)33)40-17-10-26(38-40)42-18-11-23-31(12-13-31)32(23)14-15-32/h3,6-10,17,21,23,35H,4-5,11-16,18-20H2,1-2H3,(H,34,36)(H,39,41)/t21-/m0/s1. The summed E-state index contributed by atoms with van der Waals surface area (Å²) in [6, 6.07) is 11.0. The van der Waals surface area contributed by atoms with Gasteiger partial charge in [0.25, 0.3) is 5.91 Å². The number of anilines is 1. The zero-order valence-corrected chi connectivity index (χ0v) is 26.4. The zero-order valence-electron chi connectivity index (χ0n) is 24.9. The van der Waals surface area contributed by atoms with E-state index in [1.807, 2.05) is 24.3 Å². The first-order valence-electron chi connectivity index (χ1n) is 15.6. The van der Waals surface area contributed by atoms with Gasteiger partial charge >= 0.3 is 0 Å². The van der Waals surface area contributed by atoms with E-state index in [0.29, 0.717) is 34.2 Å². The highest BCUT2D eigenvalue weighted by atomic mass is 35.5. The molecule has 1 aliphatic heterocycles. The van der Waals surface area contributed by atoms with Crippen molar-refractivity contribution in [3.05, 3.63) is 53.3 Å². The Bertz CT molecular complexity index is 1480. The molecule has 3 N–H and O–H groups in total. The molecule has 43 heavy (non-hydrogen) atoms.